The van der Waals surface area contributed by atoms with E-state index in [-0.39, 0.29) is 0 Å². The van der Waals surface area contributed by atoms with Crippen molar-refractivity contribution in [2.24, 2.45) is 0 Å². The standard InChI is InChI=1S/C17H20BrNO2/c1-12(20)16-8-7-14(10-17(16)18)19(2)11-13-5-4-6-15(9-13)21-3/h4-10,12,20H,11H2,1-3H3/t12-/m1/s1. The van der Waals surface area contributed by atoms with Crippen LogP contribution in [0.1, 0.15) is 24.2 Å². The summed E-state index contributed by atoms with van der Waals surface area (Å²) < 4.78 is 6.17. The molecule has 3 nitrogen and oxygen atoms in total. The maximum absolute atomic E-state index is 9.67. The summed E-state index contributed by atoms with van der Waals surface area (Å²) in [6, 6.07) is 14.1. The fourth-order valence-electron chi connectivity index (χ4n) is 2.23. The fraction of sp³-hybridized carbons (Fsp3) is 0.294. The molecule has 2 aromatic rings. The Labute approximate surface area is 134 Å². The first-order chi connectivity index (χ1) is 10.0. The van der Waals surface area contributed by atoms with Crippen LogP contribution in [0.5, 0.6) is 5.75 Å². The van der Waals surface area contributed by atoms with Crippen molar-refractivity contribution in [1.82, 2.24) is 0 Å². The van der Waals surface area contributed by atoms with Crippen molar-refractivity contribution in [1.29, 1.82) is 0 Å². The molecule has 0 amide bonds. The number of halogens is 1. The largest absolute Gasteiger partial charge is 0.497 e. The number of aliphatic hydroxyl groups excluding tert-OH is 1. The van der Waals surface area contributed by atoms with E-state index >= 15 is 0 Å². The van der Waals surface area contributed by atoms with Gasteiger partial charge in [0.1, 0.15) is 5.75 Å². The molecule has 21 heavy (non-hydrogen) atoms. The zero-order valence-electron chi connectivity index (χ0n) is 12.5. The molecule has 0 spiro atoms. The van der Waals surface area contributed by atoms with Gasteiger partial charge in [-0.2, -0.15) is 0 Å². The van der Waals surface area contributed by atoms with Gasteiger partial charge in [-0.3, -0.25) is 0 Å². The smallest absolute Gasteiger partial charge is 0.119 e. The fourth-order valence-corrected chi connectivity index (χ4v) is 2.93. The maximum atomic E-state index is 9.67. The highest BCUT2D eigenvalue weighted by molar-refractivity contribution is 9.10. The lowest BCUT2D eigenvalue weighted by Gasteiger charge is -2.21. The van der Waals surface area contributed by atoms with Crippen molar-refractivity contribution in [3.05, 3.63) is 58.1 Å². The van der Waals surface area contributed by atoms with Crippen molar-refractivity contribution in [3.63, 3.8) is 0 Å². The molecule has 0 bridgehead atoms. The topological polar surface area (TPSA) is 32.7 Å². The Balaban J connectivity index is 2.16. The summed E-state index contributed by atoms with van der Waals surface area (Å²) in [5.74, 6) is 0.867. The summed E-state index contributed by atoms with van der Waals surface area (Å²) in [7, 11) is 3.72. The van der Waals surface area contributed by atoms with Crippen molar-refractivity contribution < 1.29 is 9.84 Å². The third kappa shape index (κ3) is 3.99. The molecular weight excluding hydrogens is 330 g/mol. The van der Waals surface area contributed by atoms with Crippen LogP contribution in [0.3, 0.4) is 0 Å². The number of anilines is 1. The lowest BCUT2D eigenvalue weighted by Crippen LogP contribution is -2.16. The Hall–Kier alpha value is -1.52. The summed E-state index contributed by atoms with van der Waals surface area (Å²) in [5, 5.41) is 9.67. The Kier molecular flexibility index (Phi) is 5.26. The normalized spacial score (nSPS) is 12.0. The summed E-state index contributed by atoms with van der Waals surface area (Å²) in [4.78, 5) is 2.16. The summed E-state index contributed by atoms with van der Waals surface area (Å²) >= 11 is 3.52. The van der Waals surface area contributed by atoms with E-state index in [1.54, 1.807) is 14.0 Å². The third-order valence-electron chi connectivity index (χ3n) is 3.43. The Morgan fingerprint density at radius 1 is 1.24 bits per heavy atom. The zero-order chi connectivity index (χ0) is 15.4. The number of benzene rings is 2. The van der Waals surface area contributed by atoms with Crippen LogP contribution >= 0.6 is 15.9 Å². The van der Waals surface area contributed by atoms with E-state index in [4.69, 9.17) is 4.74 Å². The highest BCUT2D eigenvalue weighted by Gasteiger charge is 2.09. The molecule has 0 radical (unpaired) electrons. The third-order valence-corrected chi connectivity index (χ3v) is 4.12. The van der Waals surface area contributed by atoms with Crippen molar-refractivity contribution >= 4 is 21.6 Å². The molecule has 112 valence electrons. The molecule has 0 saturated heterocycles. The molecule has 2 rings (SSSR count). The van der Waals surface area contributed by atoms with Gasteiger partial charge in [0.25, 0.3) is 0 Å². The van der Waals surface area contributed by atoms with Gasteiger partial charge in [0.15, 0.2) is 0 Å². The second kappa shape index (κ2) is 6.96. The van der Waals surface area contributed by atoms with Crippen LogP contribution in [-0.2, 0) is 6.54 Å². The second-order valence-corrected chi connectivity index (χ2v) is 5.94. The molecule has 0 aliphatic rings. The predicted octanol–water partition coefficient (Wildman–Crippen LogP) is 4.15. The predicted molar refractivity (Wildman–Crippen MR) is 89.9 cm³/mol. The van der Waals surface area contributed by atoms with Gasteiger partial charge in [-0.25, -0.2) is 0 Å². The van der Waals surface area contributed by atoms with E-state index in [0.29, 0.717) is 0 Å². The molecule has 0 unspecified atom stereocenters. The minimum absolute atomic E-state index is 0.475. The van der Waals surface area contributed by atoms with Gasteiger partial charge >= 0.3 is 0 Å². The highest BCUT2D eigenvalue weighted by Crippen LogP contribution is 2.28. The number of rotatable bonds is 5. The highest BCUT2D eigenvalue weighted by atomic mass is 79.9. The first-order valence-corrected chi connectivity index (χ1v) is 7.62. The van der Waals surface area contributed by atoms with E-state index in [0.717, 1.165) is 28.0 Å². The SMILES string of the molecule is COc1cccc(CN(C)c2ccc([C@@H](C)O)c(Br)c2)c1. The second-order valence-electron chi connectivity index (χ2n) is 5.09. The first-order valence-electron chi connectivity index (χ1n) is 6.83. The molecule has 2 aromatic carbocycles. The lowest BCUT2D eigenvalue weighted by atomic mass is 10.1. The Morgan fingerprint density at radius 3 is 2.62 bits per heavy atom. The monoisotopic (exact) mass is 349 g/mol. The van der Waals surface area contributed by atoms with E-state index < -0.39 is 6.10 Å². The number of aliphatic hydroxyl groups is 1. The molecule has 0 aromatic heterocycles. The molecule has 0 fully saturated rings. The summed E-state index contributed by atoms with van der Waals surface area (Å²) in [6.45, 7) is 2.55. The molecule has 0 aliphatic heterocycles. The lowest BCUT2D eigenvalue weighted by molar-refractivity contribution is 0.198. The molecule has 1 N–H and O–H groups in total. The molecule has 0 heterocycles. The quantitative estimate of drug-likeness (QED) is 0.880. The number of methoxy groups -OCH3 is 1. The minimum atomic E-state index is -0.475. The summed E-state index contributed by atoms with van der Waals surface area (Å²) in [6.07, 6.45) is -0.475. The van der Waals surface area contributed by atoms with Crippen molar-refractivity contribution in [3.8, 4) is 5.75 Å². The van der Waals surface area contributed by atoms with Crippen LogP contribution in [0.4, 0.5) is 5.69 Å². The van der Waals surface area contributed by atoms with Crippen LogP contribution in [0.15, 0.2) is 46.9 Å². The minimum Gasteiger partial charge on any atom is -0.497 e. The van der Waals surface area contributed by atoms with Crippen LogP contribution in [0, 0.1) is 0 Å². The zero-order valence-corrected chi connectivity index (χ0v) is 14.1. The Bertz CT molecular complexity index is 613. The first kappa shape index (κ1) is 15.9. The average Bonchev–Trinajstić information content (AvgIpc) is 2.46. The van der Waals surface area contributed by atoms with Gasteiger partial charge in [-0.05, 0) is 42.3 Å². The summed E-state index contributed by atoms with van der Waals surface area (Å²) in [5.41, 5.74) is 3.18. The molecule has 1 atom stereocenters. The maximum Gasteiger partial charge on any atom is 0.119 e. The van der Waals surface area contributed by atoms with Gasteiger partial charge < -0.3 is 14.7 Å². The molecular formula is C17H20BrNO2. The van der Waals surface area contributed by atoms with Gasteiger partial charge in [0.2, 0.25) is 0 Å². The Morgan fingerprint density at radius 2 is 2.00 bits per heavy atom. The number of ether oxygens (including phenoxy) is 1. The molecule has 4 heteroatoms. The molecule has 0 aliphatic carbocycles. The van der Waals surface area contributed by atoms with Crippen LogP contribution in [-0.4, -0.2) is 19.3 Å². The van der Waals surface area contributed by atoms with Crippen LogP contribution < -0.4 is 9.64 Å². The van der Waals surface area contributed by atoms with Gasteiger partial charge in [0.05, 0.1) is 13.2 Å². The van der Waals surface area contributed by atoms with Crippen molar-refractivity contribution in [2.45, 2.75) is 19.6 Å². The van der Waals surface area contributed by atoms with E-state index in [1.807, 2.05) is 43.4 Å². The van der Waals surface area contributed by atoms with Crippen molar-refractivity contribution in [2.75, 3.05) is 19.1 Å². The van der Waals surface area contributed by atoms with E-state index in [1.165, 1.54) is 5.56 Å². The van der Waals surface area contributed by atoms with Gasteiger partial charge in [-0.1, -0.05) is 34.1 Å². The van der Waals surface area contributed by atoms with Crippen LogP contribution in [0.25, 0.3) is 0 Å². The van der Waals surface area contributed by atoms with E-state index in [2.05, 4.69) is 26.9 Å². The van der Waals surface area contributed by atoms with E-state index in [9.17, 15) is 5.11 Å². The van der Waals surface area contributed by atoms with Crippen LogP contribution in [0.2, 0.25) is 0 Å². The number of hydrogen-bond acceptors (Lipinski definition) is 3. The van der Waals surface area contributed by atoms with Gasteiger partial charge in [0, 0.05) is 23.8 Å². The van der Waals surface area contributed by atoms with Gasteiger partial charge in [-0.15, -0.1) is 0 Å². The molecule has 0 saturated carbocycles. The number of nitrogens with zero attached hydrogens (tertiary/aromatic N) is 1. The average molecular weight is 350 g/mol. The number of hydrogen-bond donors (Lipinski definition) is 1.